The van der Waals surface area contributed by atoms with Gasteiger partial charge in [-0.05, 0) is 24.3 Å². The van der Waals surface area contributed by atoms with E-state index in [2.05, 4.69) is 106 Å². The maximum absolute atomic E-state index is 2.22. The third-order valence-electron chi connectivity index (χ3n) is 4.27. The van der Waals surface area contributed by atoms with E-state index in [1.165, 1.54) is 0 Å². The van der Waals surface area contributed by atoms with Gasteiger partial charge in [0.2, 0.25) is 0 Å². The third kappa shape index (κ3) is 2.33. The number of hydrogen-bond donors (Lipinski definition) is 0. The van der Waals surface area contributed by atoms with Gasteiger partial charge in [0.1, 0.15) is 36.2 Å². The van der Waals surface area contributed by atoms with Crippen molar-refractivity contribution in [2.75, 3.05) is 0 Å². The first-order chi connectivity index (χ1) is 11.8. The SMILES string of the molecule is C[n+]1ccn(-c2ccccc2)c1-c1n(-c2ccccc2)cc[n+]1C. The fourth-order valence-electron chi connectivity index (χ4n) is 3.08. The minimum Gasteiger partial charge on any atom is -0.226 e. The minimum atomic E-state index is 1.12. The van der Waals surface area contributed by atoms with Gasteiger partial charge < -0.3 is 0 Å². The number of aromatic nitrogens is 4. The van der Waals surface area contributed by atoms with Crippen molar-refractivity contribution >= 4 is 0 Å². The minimum absolute atomic E-state index is 1.12. The van der Waals surface area contributed by atoms with E-state index < -0.39 is 0 Å². The Morgan fingerprint density at radius 3 is 1.33 bits per heavy atom. The molecule has 0 atom stereocenters. The van der Waals surface area contributed by atoms with E-state index in [4.69, 9.17) is 0 Å². The number of hydrogen-bond acceptors (Lipinski definition) is 0. The van der Waals surface area contributed by atoms with Crippen LogP contribution in [-0.4, -0.2) is 9.13 Å². The molecule has 0 saturated heterocycles. The quantitative estimate of drug-likeness (QED) is 0.517. The van der Waals surface area contributed by atoms with Crippen molar-refractivity contribution in [1.82, 2.24) is 9.13 Å². The molecule has 0 bridgehead atoms. The first-order valence-electron chi connectivity index (χ1n) is 8.01. The lowest BCUT2D eigenvalue weighted by Gasteiger charge is -2.03. The van der Waals surface area contributed by atoms with Crippen LogP contribution in [0.3, 0.4) is 0 Å². The molecule has 24 heavy (non-hydrogen) atoms. The van der Waals surface area contributed by atoms with E-state index >= 15 is 0 Å². The summed E-state index contributed by atoms with van der Waals surface area (Å²) in [5.74, 6) is 2.25. The molecular formula is C20H20N4+2. The highest BCUT2D eigenvalue weighted by Gasteiger charge is 2.31. The van der Waals surface area contributed by atoms with E-state index in [1.54, 1.807) is 0 Å². The Labute approximate surface area is 141 Å². The van der Waals surface area contributed by atoms with Crippen LogP contribution in [0, 0.1) is 0 Å². The van der Waals surface area contributed by atoms with Crippen LogP contribution in [0.4, 0.5) is 0 Å². The Balaban J connectivity index is 1.96. The van der Waals surface area contributed by atoms with Gasteiger partial charge in [-0.3, -0.25) is 0 Å². The summed E-state index contributed by atoms with van der Waals surface area (Å²) in [6, 6.07) is 20.8. The fourth-order valence-corrected chi connectivity index (χ4v) is 3.08. The molecule has 0 radical (unpaired) electrons. The first kappa shape index (κ1) is 14.5. The van der Waals surface area contributed by atoms with Crippen molar-refractivity contribution < 1.29 is 9.13 Å². The van der Waals surface area contributed by atoms with Gasteiger partial charge in [0.05, 0.1) is 14.1 Å². The van der Waals surface area contributed by atoms with E-state index in [9.17, 15) is 0 Å². The summed E-state index contributed by atoms with van der Waals surface area (Å²) in [5.41, 5.74) is 2.29. The summed E-state index contributed by atoms with van der Waals surface area (Å²) in [6.07, 6.45) is 8.38. The summed E-state index contributed by atoms with van der Waals surface area (Å²) >= 11 is 0. The number of benzene rings is 2. The number of rotatable bonds is 3. The summed E-state index contributed by atoms with van der Waals surface area (Å²) in [6.45, 7) is 0. The zero-order valence-electron chi connectivity index (χ0n) is 13.9. The molecule has 0 aliphatic heterocycles. The van der Waals surface area contributed by atoms with Crippen LogP contribution in [0.15, 0.2) is 85.5 Å². The molecule has 2 aromatic carbocycles. The molecule has 0 aliphatic rings. The van der Waals surface area contributed by atoms with E-state index in [-0.39, 0.29) is 0 Å². The Hall–Kier alpha value is -3.14. The van der Waals surface area contributed by atoms with E-state index in [0.29, 0.717) is 0 Å². The van der Waals surface area contributed by atoms with E-state index in [1.807, 2.05) is 12.1 Å². The molecule has 4 heteroatoms. The average molecular weight is 316 g/mol. The predicted octanol–water partition coefficient (Wildman–Crippen LogP) is 2.58. The fraction of sp³-hybridized carbons (Fsp3) is 0.100. The van der Waals surface area contributed by atoms with Crippen LogP contribution in [0.1, 0.15) is 0 Å². The normalized spacial score (nSPS) is 10.9. The van der Waals surface area contributed by atoms with Crippen LogP contribution >= 0.6 is 0 Å². The lowest BCUT2D eigenvalue weighted by atomic mass is 10.3. The van der Waals surface area contributed by atoms with Crippen LogP contribution in [0.5, 0.6) is 0 Å². The number of para-hydroxylation sites is 2. The molecule has 118 valence electrons. The van der Waals surface area contributed by atoms with Crippen molar-refractivity contribution in [3.8, 4) is 23.0 Å². The number of imidazole rings is 2. The second kappa shape index (κ2) is 5.81. The molecule has 4 rings (SSSR count). The van der Waals surface area contributed by atoms with Crippen molar-refractivity contribution in [2.24, 2.45) is 14.1 Å². The average Bonchev–Trinajstić information content (AvgIpc) is 3.19. The van der Waals surface area contributed by atoms with Crippen molar-refractivity contribution in [3.05, 3.63) is 85.5 Å². The maximum atomic E-state index is 2.22. The van der Waals surface area contributed by atoms with Gasteiger partial charge in [-0.2, -0.15) is 9.13 Å². The van der Waals surface area contributed by atoms with Gasteiger partial charge in [-0.1, -0.05) is 36.4 Å². The molecule has 2 heterocycles. The summed E-state index contributed by atoms with van der Waals surface area (Å²) in [5, 5.41) is 0. The number of aryl methyl sites for hydroxylation is 2. The molecule has 0 N–H and O–H groups in total. The molecule has 2 aromatic heterocycles. The summed E-state index contributed by atoms with van der Waals surface area (Å²) in [4.78, 5) is 0. The Morgan fingerprint density at radius 2 is 0.958 bits per heavy atom. The van der Waals surface area contributed by atoms with E-state index in [0.717, 1.165) is 23.0 Å². The molecule has 0 spiro atoms. The van der Waals surface area contributed by atoms with Crippen LogP contribution in [-0.2, 0) is 14.1 Å². The molecule has 0 aliphatic carbocycles. The zero-order valence-corrected chi connectivity index (χ0v) is 13.9. The molecule has 4 nitrogen and oxygen atoms in total. The first-order valence-corrected chi connectivity index (χ1v) is 8.01. The molecule has 0 unspecified atom stereocenters. The Bertz CT molecular complexity index is 884. The van der Waals surface area contributed by atoms with Gasteiger partial charge in [0, 0.05) is 0 Å². The summed E-state index contributed by atoms with van der Waals surface area (Å²) < 4.78 is 8.74. The monoisotopic (exact) mass is 316 g/mol. The molecule has 0 fully saturated rings. The second-order valence-electron chi connectivity index (χ2n) is 5.88. The van der Waals surface area contributed by atoms with Crippen molar-refractivity contribution in [2.45, 2.75) is 0 Å². The Kier molecular flexibility index (Phi) is 3.50. The van der Waals surface area contributed by atoms with Gasteiger partial charge in [-0.25, -0.2) is 9.13 Å². The van der Waals surface area contributed by atoms with Crippen molar-refractivity contribution in [1.29, 1.82) is 0 Å². The Morgan fingerprint density at radius 1 is 0.583 bits per heavy atom. The van der Waals surface area contributed by atoms with Crippen molar-refractivity contribution in [3.63, 3.8) is 0 Å². The number of nitrogens with zero attached hydrogens (tertiary/aromatic N) is 4. The van der Waals surface area contributed by atoms with Crippen LogP contribution < -0.4 is 9.13 Å². The highest BCUT2D eigenvalue weighted by atomic mass is 15.2. The van der Waals surface area contributed by atoms with Crippen LogP contribution in [0.2, 0.25) is 0 Å². The maximum Gasteiger partial charge on any atom is 0.378 e. The van der Waals surface area contributed by atoms with Gasteiger partial charge in [0.25, 0.3) is 0 Å². The lowest BCUT2D eigenvalue weighted by molar-refractivity contribution is -0.689. The molecule has 0 amide bonds. The molecule has 0 saturated carbocycles. The largest absolute Gasteiger partial charge is 0.378 e. The lowest BCUT2D eigenvalue weighted by Crippen LogP contribution is -2.38. The second-order valence-corrected chi connectivity index (χ2v) is 5.88. The molecule has 4 aromatic rings. The third-order valence-corrected chi connectivity index (χ3v) is 4.27. The highest BCUT2D eigenvalue weighted by molar-refractivity contribution is 5.49. The summed E-state index contributed by atoms with van der Waals surface area (Å²) in [7, 11) is 4.16. The predicted molar refractivity (Wildman–Crippen MR) is 92.9 cm³/mol. The highest BCUT2D eigenvalue weighted by Crippen LogP contribution is 2.20. The van der Waals surface area contributed by atoms with Crippen LogP contribution in [0.25, 0.3) is 23.0 Å². The van der Waals surface area contributed by atoms with Gasteiger partial charge in [0.15, 0.2) is 0 Å². The van der Waals surface area contributed by atoms with Gasteiger partial charge >= 0.3 is 11.6 Å². The smallest absolute Gasteiger partial charge is 0.226 e. The topological polar surface area (TPSA) is 17.6 Å². The zero-order chi connectivity index (χ0) is 16.5. The standard InChI is InChI=1S/C20H20N4/c1-21-13-15-23(17-9-5-3-6-10-17)19(21)20-22(2)14-16-24(20)18-11-7-4-8-12-18/h3-16H,1-2H3/q+2. The molecular weight excluding hydrogens is 296 g/mol. The van der Waals surface area contributed by atoms with Gasteiger partial charge in [-0.15, -0.1) is 0 Å².